The summed E-state index contributed by atoms with van der Waals surface area (Å²) < 4.78 is 1.61. The highest BCUT2D eigenvalue weighted by atomic mass is 16.4. The lowest BCUT2D eigenvalue weighted by atomic mass is 10.2. The number of likely N-dealkylation sites (tertiary alicyclic amines) is 1. The number of aliphatic carboxylic acids is 1. The molecule has 19 heavy (non-hydrogen) atoms. The van der Waals surface area contributed by atoms with Crippen LogP contribution in [-0.4, -0.2) is 44.1 Å². The number of pyridine rings is 1. The average molecular weight is 259 g/mol. The molecular weight excluding hydrogens is 246 g/mol. The van der Waals surface area contributed by atoms with E-state index in [1.54, 1.807) is 16.8 Å². The fourth-order valence-electron chi connectivity index (χ4n) is 2.52. The largest absolute Gasteiger partial charge is 0.480 e. The van der Waals surface area contributed by atoms with Crippen molar-refractivity contribution in [2.75, 3.05) is 6.54 Å². The molecule has 0 bridgehead atoms. The van der Waals surface area contributed by atoms with E-state index in [1.807, 2.05) is 12.1 Å². The van der Waals surface area contributed by atoms with Gasteiger partial charge in [-0.25, -0.2) is 9.31 Å². The Bertz CT molecular complexity index is 649. The number of fused-ring (bicyclic) bond motifs is 1. The summed E-state index contributed by atoms with van der Waals surface area (Å²) in [5, 5.41) is 13.2. The van der Waals surface area contributed by atoms with Crippen LogP contribution in [-0.2, 0) is 4.79 Å². The summed E-state index contributed by atoms with van der Waals surface area (Å²) in [5.74, 6) is -1.20. The summed E-state index contributed by atoms with van der Waals surface area (Å²) in [7, 11) is 0. The van der Waals surface area contributed by atoms with Crippen molar-refractivity contribution in [1.29, 1.82) is 0 Å². The Labute approximate surface area is 109 Å². The highest BCUT2D eigenvalue weighted by Gasteiger charge is 2.35. The molecule has 0 spiro atoms. The van der Waals surface area contributed by atoms with Crippen molar-refractivity contribution in [3.63, 3.8) is 0 Å². The molecule has 3 heterocycles. The average Bonchev–Trinajstić information content (AvgIpc) is 3.05. The molecule has 0 saturated carbocycles. The van der Waals surface area contributed by atoms with Gasteiger partial charge in [0.1, 0.15) is 6.04 Å². The van der Waals surface area contributed by atoms with Gasteiger partial charge < -0.3 is 10.0 Å². The lowest BCUT2D eigenvalue weighted by Gasteiger charge is -2.20. The summed E-state index contributed by atoms with van der Waals surface area (Å²) in [5.41, 5.74) is 1.15. The predicted octanol–water partition coefficient (Wildman–Crippen LogP) is 1.02. The molecule has 6 heteroatoms. The number of carboxylic acid groups (broad SMARTS) is 1. The van der Waals surface area contributed by atoms with Crippen LogP contribution in [0.1, 0.15) is 23.2 Å². The normalized spacial score (nSPS) is 18.9. The zero-order chi connectivity index (χ0) is 13.4. The smallest absolute Gasteiger partial charge is 0.326 e. The van der Waals surface area contributed by atoms with Crippen molar-refractivity contribution < 1.29 is 14.7 Å². The van der Waals surface area contributed by atoms with E-state index in [0.717, 1.165) is 6.42 Å². The van der Waals surface area contributed by atoms with Gasteiger partial charge in [-0.3, -0.25) is 4.79 Å². The Hall–Kier alpha value is -2.37. The molecule has 1 fully saturated rings. The molecule has 1 aliphatic rings. The van der Waals surface area contributed by atoms with Gasteiger partial charge in [0.05, 0.1) is 17.3 Å². The van der Waals surface area contributed by atoms with Crippen LogP contribution in [0.4, 0.5) is 0 Å². The number of aromatic nitrogens is 2. The van der Waals surface area contributed by atoms with Gasteiger partial charge in [0.25, 0.3) is 5.91 Å². The minimum absolute atomic E-state index is 0.258. The zero-order valence-corrected chi connectivity index (χ0v) is 10.2. The van der Waals surface area contributed by atoms with Crippen LogP contribution in [0.5, 0.6) is 0 Å². The number of hydrogen-bond donors (Lipinski definition) is 1. The van der Waals surface area contributed by atoms with Crippen LogP contribution in [0.2, 0.25) is 0 Å². The van der Waals surface area contributed by atoms with Crippen molar-refractivity contribution in [3.8, 4) is 0 Å². The molecule has 0 aromatic carbocycles. The van der Waals surface area contributed by atoms with Crippen LogP contribution in [0.15, 0.2) is 30.6 Å². The van der Waals surface area contributed by atoms with Crippen LogP contribution < -0.4 is 0 Å². The molecule has 1 N–H and O–H groups in total. The Morgan fingerprint density at radius 1 is 1.37 bits per heavy atom. The topological polar surface area (TPSA) is 74.9 Å². The first kappa shape index (κ1) is 11.7. The molecule has 0 aliphatic carbocycles. The summed E-state index contributed by atoms with van der Waals surface area (Å²) in [6, 6.07) is 4.73. The molecule has 1 atom stereocenters. The van der Waals surface area contributed by atoms with Gasteiger partial charge in [-0.2, -0.15) is 5.10 Å². The van der Waals surface area contributed by atoms with Crippen molar-refractivity contribution in [2.24, 2.45) is 0 Å². The Morgan fingerprint density at radius 3 is 3.00 bits per heavy atom. The SMILES string of the molecule is O=C(O)C1CCCN1C(=O)c1cnn2ccccc12. The molecule has 1 unspecified atom stereocenters. The number of amides is 1. The second-order valence-corrected chi connectivity index (χ2v) is 4.58. The molecule has 0 radical (unpaired) electrons. The molecule has 2 aromatic heterocycles. The number of carboxylic acids is 1. The van der Waals surface area contributed by atoms with Crippen molar-refractivity contribution in [3.05, 3.63) is 36.2 Å². The van der Waals surface area contributed by atoms with Crippen molar-refractivity contribution >= 4 is 17.4 Å². The lowest BCUT2D eigenvalue weighted by molar-refractivity contribution is -0.141. The molecule has 2 aromatic rings. The van der Waals surface area contributed by atoms with Crippen LogP contribution >= 0.6 is 0 Å². The van der Waals surface area contributed by atoms with E-state index >= 15 is 0 Å². The first-order chi connectivity index (χ1) is 9.18. The minimum atomic E-state index is -0.942. The fourth-order valence-corrected chi connectivity index (χ4v) is 2.52. The molecular formula is C13H13N3O3. The third-order valence-electron chi connectivity index (χ3n) is 3.46. The molecule has 6 nitrogen and oxygen atoms in total. The number of nitrogens with zero attached hydrogens (tertiary/aromatic N) is 3. The predicted molar refractivity (Wildman–Crippen MR) is 66.9 cm³/mol. The molecule has 1 aliphatic heterocycles. The zero-order valence-electron chi connectivity index (χ0n) is 10.2. The number of rotatable bonds is 2. The van der Waals surface area contributed by atoms with Gasteiger partial charge in [0.15, 0.2) is 0 Å². The molecule has 3 rings (SSSR count). The van der Waals surface area contributed by atoms with Gasteiger partial charge in [0.2, 0.25) is 0 Å². The van der Waals surface area contributed by atoms with Gasteiger partial charge in [-0.05, 0) is 25.0 Å². The summed E-state index contributed by atoms with van der Waals surface area (Å²) in [6.07, 6.45) is 4.49. The standard InChI is InChI=1S/C13H13N3O3/c17-12(15-6-3-5-11(15)13(18)19)9-8-14-16-7-2-1-4-10(9)16/h1-2,4,7-8,11H,3,5-6H2,(H,18,19). The maximum absolute atomic E-state index is 12.4. The van der Waals surface area contributed by atoms with Crippen LogP contribution in [0, 0.1) is 0 Å². The van der Waals surface area contributed by atoms with Crippen molar-refractivity contribution in [2.45, 2.75) is 18.9 Å². The Kier molecular flexibility index (Phi) is 2.70. The highest BCUT2D eigenvalue weighted by molar-refractivity contribution is 6.02. The van der Waals surface area contributed by atoms with E-state index in [2.05, 4.69) is 5.10 Å². The summed E-state index contributed by atoms with van der Waals surface area (Å²) >= 11 is 0. The summed E-state index contributed by atoms with van der Waals surface area (Å²) in [6.45, 7) is 0.486. The van der Waals surface area contributed by atoms with E-state index in [9.17, 15) is 9.59 Å². The van der Waals surface area contributed by atoms with E-state index < -0.39 is 12.0 Å². The fraction of sp³-hybridized carbons (Fsp3) is 0.308. The maximum atomic E-state index is 12.4. The number of carbonyl (C=O) groups is 2. The number of hydrogen-bond acceptors (Lipinski definition) is 3. The molecule has 1 saturated heterocycles. The van der Waals surface area contributed by atoms with E-state index in [4.69, 9.17) is 5.11 Å². The first-order valence-corrected chi connectivity index (χ1v) is 6.14. The first-order valence-electron chi connectivity index (χ1n) is 6.14. The monoisotopic (exact) mass is 259 g/mol. The van der Waals surface area contributed by atoms with Crippen molar-refractivity contribution in [1.82, 2.24) is 14.5 Å². The quantitative estimate of drug-likeness (QED) is 0.873. The van der Waals surface area contributed by atoms with Gasteiger partial charge >= 0.3 is 5.97 Å². The summed E-state index contributed by atoms with van der Waals surface area (Å²) in [4.78, 5) is 25.0. The minimum Gasteiger partial charge on any atom is -0.480 e. The third-order valence-corrected chi connectivity index (χ3v) is 3.46. The van der Waals surface area contributed by atoms with Gasteiger partial charge in [-0.15, -0.1) is 0 Å². The maximum Gasteiger partial charge on any atom is 0.326 e. The van der Waals surface area contributed by atoms with Gasteiger partial charge in [-0.1, -0.05) is 6.07 Å². The number of carbonyl (C=O) groups excluding carboxylic acids is 1. The van der Waals surface area contributed by atoms with E-state index in [1.165, 1.54) is 11.1 Å². The molecule has 1 amide bonds. The van der Waals surface area contributed by atoms with Crippen LogP contribution in [0.25, 0.3) is 5.52 Å². The molecule has 98 valence electrons. The second-order valence-electron chi connectivity index (χ2n) is 4.58. The highest BCUT2D eigenvalue weighted by Crippen LogP contribution is 2.22. The van der Waals surface area contributed by atoms with E-state index in [0.29, 0.717) is 24.0 Å². The Balaban J connectivity index is 1.98. The van der Waals surface area contributed by atoms with Crippen LogP contribution in [0.3, 0.4) is 0 Å². The Morgan fingerprint density at radius 2 is 2.21 bits per heavy atom. The lowest BCUT2D eigenvalue weighted by Crippen LogP contribution is -2.40. The van der Waals surface area contributed by atoms with E-state index in [-0.39, 0.29) is 5.91 Å². The van der Waals surface area contributed by atoms with Gasteiger partial charge in [0, 0.05) is 12.7 Å². The second kappa shape index (κ2) is 4.38. The third kappa shape index (κ3) is 1.85.